The standard InChI is InChI=1S/C12H16N2O3/c1-8-11(13-5-6-17-8)12(16)14-9-3-2-4-10(15)7-9/h2-4,7-8,11,13,15H,5-6H2,1H3,(H,14,16)/t8-,11+/m1/s1. The maximum atomic E-state index is 12.0. The Morgan fingerprint density at radius 3 is 3.12 bits per heavy atom. The van der Waals surface area contributed by atoms with Crippen LogP contribution >= 0.6 is 0 Å². The predicted molar refractivity (Wildman–Crippen MR) is 63.9 cm³/mol. The number of nitrogens with one attached hydrogen (secondary N) is 2. The molecule has 1 aliphatic heterocycles. The van der Waals surface area contributed by atoms with Crippen LogP contribution < -0.4 is 10.6 Å². The van der Waals surface area contributed by atoms with Crippen LogP contribution in [0.3, 0.4) is 0 Å². The van der Waals surface area contributed by atoms with E-state index in [1.165, 1.54) is 6.07 Å². The number of rotatable bonds is 2. The third kappa shape index (κ3) is 2.95. The second-order valence-corrected chi connectivity index (χ2v) is 4.05. The van der Waals surface area contributed by atoms with E-state index in [9.17, 15) is 9.90 Å². The number of carbonyl (C=O) groups is 1. The number of morpholine rings is 1. The minimum atomic E-state index is -0.355. The molecule has 3 N–H and O–H groups in total. The molecule has 0 aliphatic carbocycles. The fourth-order valence-electron chi connectivity index (χ4n) is 1.83. The number of anilines is 1. The van der Waals surface area contributed by atoms with Crippen molar-refractivity contribution in [1.82, 2.24) is 5.32 Å². The van der Waals surface area contributed by atoms with E-state index in [1.807, 2.05) is 6.92 Å². The first-order chi connectivity index (χ1) is 8.16. The minimum Gasteiger partial charge on any atom is -0.508 e. The van der Waals surface area contributed by atoms with Gasteiger partial charge in [-0.3, -0.25) is 4.79 Å². The van der Waals surface area contributed by atoms with Crippen molar-refractivity contribution >= 4 is 11.6 Å². The molecule has 2 rings (SSSR count). The van der Waals surface area contributed by atoms with Crippen molar-refractivity contribution in [3.63, 3.8) is 0 Å². The number of phenolic OH excluding ortho intramolecular Hbond substituents is 1. The van der Waals surface area contributed by atoms with E-state index in [4.69, 9.17) is 4.74 Å². The Hall–Kier alpha value is -1.59. The molecule has 2 atom stereocenters. The summed E-state index contributed by atoms with van der Waals surface area (Å²) in [5.74, 6) is -0.0218. The van der Waals surface area contributed by atoms with Crippen LogP contribution in [-0.4, -0.2) is 36.3 Å². The number of hydrogen-bond donors (Lipinski definition) is 3. The lowest BCUT2D eigenvalue weighted by Crippen LogP contribution is -2.53. The Morgan fingerprint density at radius 1 is 1.59 bits per heavy atom. The van der Waals surface area contributed by atoms with Gasteiger partial charge in [-0.25, -0.2) is 0 Å². The highest BCUT2D eigenvalue weighted by molar-refractivity contribution is 5.95. The van der Waals surface area contributed by atoms with E-state index in [-0.39, 0.29) is 23.8 Å². The van der Waals surface area contributed by atoms with Gasteiger partial charge in [-0.2, -0.15) is 0 Å². The van der Waals surface area contributed by atoms with Crippen LogP contribution in [0.5, 0.6) is 5.75 Å². The molecule has 0 bridgehead atoms. The van der Waals surface area contributed by atoms with Crippen molar-refractivity contribution in [3.05, 3.63) is 24.3 Å². The van der Waals surface area contributed by atoms with Gasteiger partial charge in [-0.15, -0.1) is 0 Å². The molecule has 0 saturated carbocycles. The van der Waals surface area contributed by atoms with Gasteiger partial charge < -0.3 is 20.5 Å². The molecule has 0 radical (unpaired) electrons. The van der Waals surface area contributed by atoms with Crippen LogP contribution in [0, 0.1) is 0 Å². The van der Waals surface area contributed by atoms with Gasteiger partial charge in [0.2, 0.25) is 5.91 Å². The smallest absolute Gasteiger partial charge is 0.244 e. The number of hydrogen-bond acceptors (Lipinski definition) is 4. The average Bonchev–Trinajstić information content (AvgIpc) is 2.29. The maximum absolute atomic E-state index is 12.0. The SMILES string of the molecule is C[C@H]1OCCN[C@@H]1C(=O)Nc1cccc(O)c1. The van der Waals surface area contributed by atoms with Gasteiger partial charge in [0.15, 0.2) is 0 Å². The first-order valence-electron chi connectivity index (χ1n) is 5.62. The van der Waals surface area contributed by atoms with Crippen molar-refractivity contribution < 1.29 is 14.6 Å². The van der Waals surface area contributed by atoms with Crippen molar-refractivity contribution in [2.24, 2.45) is 0 Å². The minimum absolute atomic E-state index is 0.128. The molecule has 1 fully saturated rings. The zero-order valence-corrected chi connectivity index (χ0v) is 9.64. The van der Waals surface area contributed by atoms with Gasteiger partial charge in [0.05, 0.1) is 12.7 Å². The topological polar surface area (TPSA) is 70.6 Å². The molecule has 1 amide bonds. The summed E-state index contributed by atoms with van der Waals surface area (Å²) < 4.78 is 5.40. The quantitative estimate of drug-likeness (QED) is 0.707. The first kappa shape index (κ1) is 11.9. The molecule has 0 unspecified atom stereocenters. The van der Waals surface area contributed by atoms with Crippen molar-refractivity contribution in [2.75, 3.05) is 18.5 Å². The van der Waals surface area contributed by atoms with Crippen LogP contribution in [0.2, 0.25) is 0 Å². The molecule has 0 spiro atoms. The number of phenols is 1. The van der Waals surface area contributed by atoms with Crippen molar-refractivity contribution in [3.8, 4) is 5.75 Å². The Morgan fingerprint density at radius 2 is 2.41 bits per heavy atom. The lowest BCUT2D eigenvalue weighted by molar-refractivity contribution is -0.123. The second kappa shape index (κ2) is 5.16. The van der Waals surface area contributed by atoms with Crippen LogP contribution in [0.4, 0.5) is 5.69 Å². The Kier molecular flexibility index (Phi) is 3.61. The number of amides is 1. The fraction of sp³-hybridized carbons (Fsp3) is 0.417. The van der Waals surface area contributed by atoms with E-state index in [2.05, 4.69) is 10.6 Å². The summed E-state index contributed by atoms with van der Waals surface area (Å²) in [6.45, 7) is 3.15. The van der Waals surface area contributed by atoms with Gasteiger partial charge in [-0.1, -0.05) is 6.07 Å². The van der Waals surface area contributed by atoms with E-state index in [1.54, 1.807) is 18.2 Å². The summed E-state index contributed by atoms with van der Waals surface area (Å²) in [6.07, 6.45) is -0.152. The van der Waals surface area contributed by atoms with Gasteiger partial charge in [0, 0.05) is 18.3 Å². The Bertz CT molecular complexity index is 408. The second-order valence-electron chi connectivity index (χ2n) is 4.05. The largest absolute Gasteiger partial charge is 0.508 e. The first-order valence-corrected chi connectivity index (χ1v) is 5.62. The van der Waals surface area contributed by atoms with Crippen LogP contribution in [-0.2, 0) is 9.53 Å². The predicted octanol–water partition coefficient (Wildman–Crippen LogP) is 0.708. The molecule has 92 valence electrons. The van der Waals surface area contributed by atoms with Crippen LogP contribution in [0.15, 0.2) is 24.3 Å². The normalized spacial score (nSPS) is 24.3. The summed E-state index contributed by atoms with van der Waals surface area (Å²) in [4.78, 5) is 12.0. The summed E-state index contributed by atoms with van der Waals surface area (Å²) in [5.41, 5.74) is 0.578. The number of ether oxygens (including phenoxy) is 1. The zero-order valence-electron chi connectivity index (χ0n) is 9.64. The number of benzene rings is 1. The molecule has 5 nitrogen and oxygen atoms in total. The lowest BCUT2D eigenvalue weighted by Gasteiger charge is -2.29. The van der Waals surface area contributed by atoms with Gasteiger partial charge in [-0.05, 0) is 19.1 Å². The number of aromatic hydroxyl groups is 1. The summed E-state index contributed by atoms with van der Waals surface area (Å²) in [5, 5.41) is 15.1. The monoisotopic (exact) mass is 236 g/mol. The van der Waals surface area contributed by atoms with E-state index in [0.717, 1.165) is 0 Å². The van der Waals surface area contributed by atoms with Crippen molar-refractivity contribution in [2.45, 2.75) is 19.1 Å². The molecule has 1 saturated heterocycles. The highest BCUT2D eigenvalue weighted by Gasteiger charge is 2.28. The van der Waals surface area contributed by atoms with E-state index < -0.39 is 0 Å². The third-order valence-corrected chi connectivity index (χ3v) is 2.71. The fourth-order valence-corrected chi connectivity index (χ4v) is 1.83. The molecule has 1 aromatic rings. The third-order valence-electron chi connectivity index (χ3n) is 2.71. The summed E-state index contributed by atoms with van der Waals surface area (Å²) in [7, 11) is 0. The molecule has 0 aromatic heterocycles. The van der Waals surface area contributed by atoms with Gasteiger partial charge >= 0.3 is 0 Å². The lowest BCUT2D eigenvalue weighted by atomic mass is 10.1. The molecule has 1 heterocycles. The molecule has 1 aromatic carbocycles. The Balaban J connectivity index is 2.01. The average molecular weight is 236 g/mol. The molecule has 5 heteroatoms. The summed E-state index contributed by atoms with van der Waals surface area (Å²) in [6, 6.07) is 6.11. The Labute approximate surface area is 99.8 Å². The highest BCUT2D eigenvalue weighted by atomic mass is 16.5. The zero-order chi connectivity index (χ0) is 12.3. The molecular weight excluding hydrogens is 220 g/mol. The van der Waals surface area contributed by atoms with Crippen LogP contribution in [0.1, 0.15) is 6.92 Å². The van der Waals surface area contributed by atoms with Crippen molar-refractivity contribution in [1.29, 1.82) is 0 Å². The van der Waals surface area contributed by atoms with E-state index >= 15 is 0 Å². The highest BCUT2D eigenvalue weighted by Crippen LogP contribution is 2.16. The summed E-state index contributed by atoms with van der Waals surface area (Å²) >= 11 is 0. The molecule has 1 aliphatic rings. The maximum Gasteiger partial charge on any atom is 0.244 e. The van der Waals surface area contributed by atoms with Crippen LogP contribution in [0.25, 0.3) is 0 Å². The molecular formula is C12H16N2O3. The van der Waals surface area contributed by atoms with E-state index in [0.29, 0.717) is 18.8 Å². The number of carbonyl (C=O) groups excluding carboxylic acids is 1. The molecule has 17 heavy (non-hydrogen) atoms. The van der Waals surface area contributed by atoms with Gasteiger partial charge in [0.1, 0.15) is 11.8 Å². The van der Waals surface area contributed by atoms with Gasteiger partial charge in [0.25, 0.3) is 0 Å².